The molecule has 0 radical (unpaired) electrons. The minimum Gasteiger partial charge on any atom is -0.473 e. The Balaban J connectivity index is 1.57. The second-order valence-electron chi connectivity index (χ2n) is 6.14. The van der Waals surface area contributed by atoms with Crippen LogP contribution in [0.2, 0.25) is 0 Å². The summed E-state index contributed by atoms with van der Waals surface area (Å²) in [4.78, 5) is 32.0. The fraction of sp³-hybridized carbons (Fsp3) is 0.350. The van der Waals surface area contributed by atoms with Gasteiger partial charge in [0.2, 0.25) is 5.88 Å². The summed E-state index contributed by atoms with van der Waals surface area (Å²) in [7, 11) is 0. The molecule has 27 heavy (non-hydrogen) atoms. The largest absolute Gasteiger partial charge is 0.473 e. The van der Waals surface area contributed by atoms with E-state index in [4.69, 9.17) is 9.47 Å². The third-order valence-corrected chi connectivity index (χ3v) is 4.30. The van der Waals surface area contributed by atoms with Gasteiger partial charge in [-0.2, -0.15) is 0 Å². The first-order valence-corrected chi connectivity index (χ1v) is 9.01. The molecule has 7 heteroatoms. The number of carbonyl (C=O) groups is 2. The molecule has 2 amide bonds. The molecule has 2 heterocycles. The normalized spacial score (nSPS) is 14.0. The van der Waals surface area contributed by atoms with Crippen molar-refractivity contribution in [3.05, 3.63) is 59.8 Å². The van der Waals surface area contributed by atoms with Gasteiger partial charge in [0.1, 0.15) is 6.61 Å². The molecule has 1 saturated heterocycles. The van der Waals surface area contributed by atoms with E-state index in [9.17, 15) is 9.59 Å². The molecule has 1 aromatic carbocycles. The maximum Gasteiger partial charge on any atom is 0.409 e. The number of hydrogen-bond acceptors (Lipinski definition) is 5. The van der Waals surface area contributed by atoms with E-state index in [-0.39, 0.29) is 12.0 Å². The highest BCUT2D eigenvalue weighted by Crippen LogP contribution is 2.15. The molecule has 0 unspecified atom stereocenters. The number of carbonyl (C=O) groups excluding carboxylic acids is 2. The van der Waals surface area contributed by atoms with Gasteiger partial charge in [0, 0.05) is 44.0 Å². The molecular formula is C20H23N3O4. The number of hydrogen-bond donors (Lipinski definition) is 0. The number of rotatable bonds is 5. The van der Waals surface area contributed by atoms with Gasteiger partial charge >= 0.3 is 6.09 Å². The summed E-state index contributed by atoms with van der Waals surface area (Å²) in [5.74, 6) is 0.320. The van der Waals surface area contributed by atoms with Crippen LogP contribution in [0.5, 0.6) is 5.88 Å². The Hall–Kier alpha value is -3.09. The first kappa shape index (κ1) is 18.7. The standard InChI is InChI=1S/C20H23N3O4/c1-2-26-20(25)23-12-10-22(11-13-23)19(24)17-8-9-21-18(14-17)27-15-16-6-4-3-5-7-16/h3-9,14H,2,10-13,15H2,1H3. The highest BCUT2D eigenvalue weighted by molar-refractivity contribution is 5.94. The summed E-state index contributed by atoms with van der Waals surface area (Å²) >= 11 is 0. The topological polar surface area (TPSA) is 72.0 Å². The monoisotopic (exact) mass is 369 g/mol. The van der Waals surface area contributed by atoms with Gasteiger partial charge in [0.25, 0.3) is 5.91 Å². The Morgan fingerprint density at radius 1 is 1.04 bits per heavy atom. The second kappa shape index (κ2) is 9.02. The Labute approximate surface area is 158 Å². The van der Waals surface area contributed by atoms with Gasteiger partial charge in [-0.3, -0.25) is 4.79 Å². The Bertz CT molecular complexity index is 774. The minimum atomic E-state index is -0.329. The van der Waals surface area contributed by atoms with E-state index in [1.807, 2.05) is 30.3 Å². The lowest BCUT2D eigenvalue weighted by molar-refractivity contribution is 0.0570. The fourth-order valence-electron chi connectivity index (χ4n) is 2.84. The van der Waals surface area contributed by atoms with Crippen LogP contribution >= 0.6 is 0 Å². The van der Waals surface area contributed by atoms with Gasteiger partial charge in [-0.1, -0.05) is 30.3 Å². The van der Waals surface area contributed by atoms with Crippen molar-refractivity contribution < 1.29 is 19.1 Å². The summed E-state index contributed by atoms with van der Waals surface area (Å²) in [5, 5.41) is 0. The van der Waals surface area contributed by atoms with Crippen LogP contribution in [0.1, 0.15) is 22.8 Å². The summed E-state index contributed by atoms with van der Waals surface area (Å²) in [6.07, 6.45) is 1.24. The molecule has 0 spiro atoms. The number of amides is 2. The first-order chi connectivity index (χ1) is 13.2. The van der Waals surface area contributed by atoms with Crippen molar-refractivity contribution in [1.82, 2.24) is 14.8 Å². The van der Waals surface area contributed by atoms with Gasteiger partial charge in [0.05, 0.1) is 6.61 Å². The smallest absolute Gasteiger partial charge is 0.409 e. The third kappa shape index (κ3) is 4.97. The zero-order chi connectivity index (χ0) is 19.1. The molecule has 0 atom stereocenters. The second-order valence-corrected chi connectivity index (χ2v) is 6.14. The van der Waals surface area contributed by atoms with Crippen molar-refractivity contribution in [3.63, 3.8) is 0 Å². The molecule has 1 fully saturated rings. The van der Waals surface area contributed by atoms with Crippen LogP contribution in [0.3, 0.4) is 0 Å². The lowest BCUT2D eigenvalue weighted by Crippen LogP contribution is -2.50. The molecule has 0 saturated carbocycles. The molecule has 142 valence electrons. The van der Waals surface area contributed by atoms with Gasteiger partial charge in [0.15, 0.2) is 0 Å². The third-order valence-electron chi connectivity index (χ3n) is 4.30. The number of pyridine rings is 1. The Morgan fingerprint density at radius 3 is 2.44 bits per heavy atom. The first-order valence-electron chi connectivity index (χ1n) is 9.01. The van der Waals surface area contributed by atoms with Gasteiger partial charge in [-0.15, -0.1) is 0 Å². The van der Waals surface area contributed by atoms with Crippen LogP contribution < -0.4 is 4.74 Å². The number of aromatic nitrogens is 1. The molecule has 7 nitrogen and oxygen atoms in total. The number of ether oxygens (including phenoxy) is 2. The number of benzene rings is 1. The van der Waals surface area contributed by atoms with Gasteiger partial charge < -0.3 is 19.3 Å². The maximum atomic E-state index is 12.7. The van der Waals surface area contributed by atoms with Crippen LogP contribution in [0, 0.1) is 0 Å². The molecule has 0 aliphatic carbocycles. The predicted octanol–water partition coefficient (Wildman–Crippen LogP) is 2.57. The quantitative estimate of drug-likeness (QED) is 0.810. The highest BCUT2D eigenvalue weighted by atomic mass is 16.6. The summed E-state index contributed by atoms with van der Waals surface area (Å²) in [6.45, 7) is 4.39. The van der Waals surface area contributed by atoms with Crippen LogP contribution in [-0.2, 0) is 11.3 Å². The van der Waals surface area contributed by atoms with Gasteiger partial charge in [-0.05, 0) is 18.6 Å². The predicted molar refractivity (Wildman–Crippen MR) is 99.5 cm³/mol. The Kier molecular flexibility index (Phi) is 6.25. The average molecular weight is 369 g/mol. The van der Waals surface area contributed by atoms with Crippen molar-refractivity contribution in [1.29, 1.82) is 0 Å². The molecule has 0 N–H and O–H groups in total. The van der Waals surface area contributed by atoms with E-state index in [2.05, 4.69) is 4.98 Å². The summed E-state index contributed by atoms with van der Waals surface area (Å²) < 4.78 is 10.7. The van der Waals surface area contributed by atoms with E-state index < -0.39 is 0 Å². The van der Waals surface area contributed by atoms with E-state index in [1.165, 1.54) is 0 Å². The van der Waals surface area contributed by atoms with Crippen molar-refractivity contribution in [2.45, 2.75) is 13.5 Å². The average Bonchev–Trinajstić information content (AvgIpc) is 2.73. The molecule has 3 rings (SSSR count). The highest BCUT2D eigenvalue weighted by Gasteiger charge is 2.25. The summed E-state index contributed by atoms with van der Waals surface area (Å²) in [5.41, 5.74) is 1.56. The number of nitrogens with zero attached hydrogens (tertiary/aromatic N) is 3. The van der Waals surface area contributed by atoms with Crippen LogP contribution in [0.25, 0.3) is 0 Å². The fourth-order valence-corrected chi connectivity index (χ4v) is 2.84. The van der Waals surface area contributed by atoms with E-state index in [1.54, 1.807) is 35.1 Å². The molecule has 1 aliphatic heterocycles. The van der Waals surface area contributed by atoms with Crippen LogP contribution in [-0.4, -0.2) is 59.6 Å². The van der Waals surface area contributed by atoms with E-state index in [0.717, 1.165) is 5.56 Å². The number of piperazine rings is 1. The van der Waals surface area contributed by atoms with Crippen molar-refractivity contribution in [2.75, 3.05) is 32.8 Å². The molecular weight excluding hydrogens is 346 g/mol. The molecule has 2 aromatic rings. The van der Waals surface area contributed by atoms with Crippen molar-refractivity contribution in [2.24, 2.45) is 0 Å². The minimum absolute atomic E-state index is 0.0922. The molecule has 1 aliphatic rings. The zero-order valence-corrected chi connectivity index (χ0v) is 15.3. The maximum absolute atomic E-state index is 12.7. The van der Waals surface area contributed by atoms with Crippen molar-refractivity contribution >= 4 is 12.0 Å². The Morgan fingerprint density at radius 2 is 1.74 bits per heavy atom. The van der Waals surface area contributed by atoms with Crippen LogP contribution in [0.4, 0.5) is 4.79 Å². The summed E-state index contributed by atoms with van der Waals surface area (Å²) in [6, 6.07) is 13.1. The molecule has 0 bridgehead atoms. The lowest BCUT2D eigenvalue weighted by Gasteiger charge is -2.34. The van der Waals surface area contributed by atoms with Crippen LogP contribution in [0.15, 0.2) is 48.7 Å². The molecule has 1 aromatic heterocycles. The van der Waals surface area contributed by atoms with E-state index >= 15 is 0 Å². The van der Waals surface area contributed by atoms with Crippen molar-refractivity contribution in [3.8, 4) is 5.88 Å². The lowest BCUT2D eigenvalue weighted by atomic mass is 10.2. The van der Waals surface area contributed by atoms with Gasteiger partial charge in [-0.25, -0.2) is 9.78 Å². The SMILES string of the molecule is CCOC(=O)N1CCN(C(=O)c2ccnc(OCc3ccccc3)c2)CC1. The zero-order valence-electron chi connectivity index (χ0n) is 15.3. The van der Waals surface area contributed by atoms with E-state index in [0.29, 0.717) is 50.8 Å².